The van der Waals surface area contributed by atoms with Crippen molar-refractivity contribution < 1.29 is 5.11 Å². The summed E-state index contributed by atoms with van der Waals surface area (Å²) in [5, 5.41) is 14.2. The van der Waals surface area contributed by atoms with Gasteiger partial charge in [-0.1, -0.05) is 11.6 Å². The molecule has 1 heterocycles. The lowest BCUT2D eigenvalue weighted by Crippen LogP contribution is -2.47. The zero-order valence-corrected chi connectivity index (χ0v) is 11.7. The first kappa shape index (κ1) is 14.4. The number of nitrogens with zero attached hydrogens (tertiary/aromatic N) is 1. The molecule has 0 aliphatic rings. The van der Waals surface area contributed by atoms with Gasteiger partial charge in [0.05, 0.1) is 10.6 Å². The molecule has 2 N–H and O–H groups in total. The molecule has 4 heteroatoms. The summed E-state index contributed by atoms with van der Waals surface area (Å²) in [7, 11) is 0. The number of hydrogen-bond acceptors (Lipinski definition) is 3. The van der Waals surface area contributed by atoms with E-state index in [0.29, 0.717) is 18.0 Å². The fourth-order valence-electron chi connectivity index (χ4n) is 1.48. The Bertz CT molecular complexity index is 372. The highest BCUT2D eigenvalue weighted by molar-refractivity contribution is 6.31. The summed E-state index contributed by atoms with van der Waals surface area (Å²) in [6, 6.07) is 1.84. The molecule has 0 spiro atoms. The van der Waals surface area contributed by atoms with Crippen molar-refractivity contribution in [3.63, 3.8) is 0 Å². The van der Waals surface area contributed by atoms with Gasteiger partial charge in [0.15, 0.2) is 0 Å². The van der Waals surface area contributed by atoms with Gasteiger partial charge < -0.3 is 10.4 Å². The topological polar surface area (TPSA) is 45.1 Å². The maximum Gasteiger partial charge on any atom is 0.0784 e. The van der Waals surface area contributed by atoms with Crippen LogP contribution in [0.15, 0.2) is 18.5 Å². The summed E-state index contributed by atoms with van der Waals surface area (Å²) >= 11 is 6.03. The molecule has 1 atom stereocenters. The van der Waals surface area contributed by atoms with Crippen molar-refractivity contribution in [1.29, 1.82) is 0 Å². The molecule has 96 valence electrons. The third kappa shape index (κ3) is 5.48. The first-order valence-electron chi connectivity index (χ1n) is 5.75. The third-order valence-electron chi connectivity index (χ3n) is 2.43. The Hall–Kier alpha value is -0.640. The fraction of sp³-hybridized carbons (Fsp3) is 0.615. The zero-order valence-electron chi connectivity index (χ0n) is 10.9. The van der Waals surface area contributed by atoms with E-state index >= 15 is 0 Å². The molecule has 17 heavy (non-hydrogen) atoms. The van der Waals surface area contributed by atoms with Gasteiger partial charge in [-0.05, 0) is 39.3 Å². The lowest BCUT2D eigenvalue weighted by Gasteiger charge is -2.29. The number of pyridine rings is 1. The van der Waals surface area contributed by atoms with Crippen molar-refractivity contribution in [3.8, 4) is 0 Å². The number of β-amino-alcohol motifs (C(OH)–C–C–N with tert-alkyl or cyclic N) is 1. The van der Waals surface area contributed by atoms with Gasteiger partial charge in [-0.3, -0.25) is 4.98 Å². The second-order valence-electron chi connectivity index (χ2n) is 5.74. The zero-order chi connectivity index (χ0) is 13.1. The Labute approximate surface area is 108 Å². The molecule has 0 radical (unpaired) electrons. The number of aliphatic hydroxyl groups is 1. The average molecular weight is 257 g/mol. The van der Waals surface area contributed by atoms with Crippen LogP contribution in [0.5, 0.6) is 0 Å². The predicted octanol–water partition coefficient (Wildman–Crippen LogP) is 2.42. The number of hydrogen-bond donors (Lipinski definition) is 2. The van der Waals surface area contributed by atoms with Crippen LogP contribution in [-0.2, 0) is 6.42 Å². The number of aromatic nitrogens is 1. The lowest BCUT2D eigenvalue weighted by molar-refractivity contribution is 0.0535. The Morgan fingerprint density at radius 3 is 2.53 bits per heavy atom. The standard InChI is InChI=1S/C13H21ClN2O/c1-12(2,3)16-9-13(4,17)7-10-5-6-15-8-11(10)14/h5-6,8,16-17H,7,9H2,1-4H3. The molecule has 0 saturated heterocycles. The van der Waals surface area contributed by atoms with Crippen LogP contribution in [-0.4, -0.2) is 27.8 Å². The summed E-state index contributed by atoms with van der Waals surface area (Å²) in [4.78, 5) is 3.93. The minimum Gasteiger partial charge on any atom is -0.389 e. The van der Waals surface area contributed by atoms with E-state index in [-0.39, 0.29) is 5.54 Å². The highest BCUT2D eigenvalue weighted by Gasteiger charge is 2.24. The van der Waals surface area contributed by atoms with E-state index in [1.165, 1.54) is 0 Å². The van der Waals surface area contributed by atoms with Gasteiger partial charge in [0.2, 0.25) is 0 Å². The van der Waals surface area contributed by atoms with Gasteiger partial charge in [-0.15, -0.1) is 0 Å². The normalized spacial score (nSPS) is 15.6. The molecule has 0 saturated carbocycles. The van der Waals surface area contributed by atoms with Crippen LogP contribution in [0, 0.1) is 0 Å². The Balaban J connectivity index is 2.64. The average Bonchev–Trinajstić information content (AvgIpc) is 2.18. The molecule has 0 aliphatic carbocycles. The predicted molar refractivity (Wildman–Crippen MR) is 71.3 cm³/mol. The van der Waals surface area contributed by atoms with Gasteiger partial charge in [0.1, 0.15) is 0 Å². The van der Waals surface area contributed by atoms with Crippen molar-refractivity contribution in [2.24, 2.45) is 0 Å². The lowest BCUT2D eigenvalue weighted by atomic mass is 9.95. The van der Waals surface area contributed by atoms with Crippen LogP contribution in [0.25, 0.3) is 0 Å². The van der Waals surface area contributed by atoms with E-state index in [4.69, 9.17) is 11.6 Å². The van der Waals surface area contributed by atoms with Crippen molar-refractivity contribution in [2.75, 3.05) is 6.54 Å². The minimum absolute atomic E-state index is 0.00791. The fourth-order valence-corrected chi connectivity index (χ4v) is 1.66. The van der Waals surface area contributed by atoms with Crippen LogP contribution in [0.3, 0.4) is 0 Å². The van der Waals surface area contributed by atoms with E-state index in [1.807, 2.05) is 13.0 Å². The quantitative estimate of drug-likeness (QED) is 0.870. The Morgan fingerprint density at radius 1 is 1.35 bits per heavy atom. The van der Waals surface area contributed by atoms with Crippen LogP contribution in [0.2, 0.25) is 5.02 Å². The highest BCUT2D eigenvalue weighted by Crippen LogP contribution is 2.20. The largest absolute Gasteiger partial charge is 0.389 e. The van der Waals surface area contributed by atoms with Crippen molar-refractivity contribution >= 4 is 11.6 Å². The third-order valence-corrected chi connectivity index (χ3v) is 2.77. The molecular formula is C13H21ClN2O. The van der Waals surface area contributed by atoms with Gasteiger partial charge in [-0.2, -0.15) is 0 Å². The Kier molecular flexibility index (Phi) is 4.53. The minimum atomic E-state index is -0.821. The summed E-state index contributed by atoms with van der Waals surface area (Å²) in [5.41, 5.74) is 0.0898. The monoisotopic (exact) mass is 256 g/mol. The molecular weight excluding hydrogens is 236 g/mol. The molecule has 1 rings (SSSR count). The van der Waals surface area contributed by atoms with E-state index in [1.54, 1.807) is 12.4 Å². The summed E-state index contributed by atoms with van der Waals surface area (Å²) in [6.45, 7) is 8.55. The van der Waals surface area contributed by atoms with Gasteiger partial charge in [0.25, 0.3) is 0 Å². The van der Waals surface area contributed by atoms with Crippen molar-refractivity contribution in [3.05, 3.63) is 29.0 Å². The molecule has 3 nitrogen and oxygen atoms in total. The van der Waals surface area contributed by atoms with Crippen LogP contribution in [0.1, 0.15) is 33.3 Å². The van der Waals surface area contributed by atoms with Crippen LogP contribution < -0.4 is 5.32 Å². The molecule has 1 unspecified atom stereocenters. The van der Waals surface area contributed by atoms with E-state index < -0.39 is 5.60 Å². The molecule has 1 aromatic rings. The van der Waals surface area contributed by atoms with E-state index in [9.17, 15) is 5.11 Å². The molecule has 0 aliphatic heterocycles. The first-order valence-corrected chi connectivity index (χ1v) is 6.13. The van der Waals surface area contributed by atoms with Gasteiger partial charge >= 0.3 is 0 Å². The number of halogens is 1. The van der Waals surface area contributed by atoms with Gasteiger partial charge in [0, 0.05) is 30.9 Å². The molecule has 0 aromatic carbocycles. The SMILES string of the molecule is CC(O)(CNC(C)(C)C)Cc1ccncc1Cl. The molecule has 1 aromatic heterocycles. The van der Waals surface area contributed by atoms with Crippen molar-refractivity contribution in [1.82, 2.24) is 10.3 Å². The van der Waals surface area contributed by atoms with Crippen LogP contribution >= 0.6 is 11.6 Å². The van der Waals surface area contributed by atoms with Gasteiger partial charge in [-0.25, -0.2) is 0 Å². The summed E-state index contributed by atoms with van der Waals surface area (Å²) < 4.78 is 0. The summed E-state index contributed by atoms with van der Waals surface area (Å²) in [5.74, 6) is 0. The Morgan fingerprint density at radius 2 is 2.00 bits per heavy atom. The second kappa shape index (κ2) is 5.34. The maximum atomic E-state index is 10.3. The highest BCUT2D eigenvalue weighted by atomic mass is 35.5. The number of nitrogens with one attached hydrogen (secondary N) is 1. The van der Waals surface area contributed by atoms with E-state index in [2.05, 4.69) is 31.1 Å². The number of rotatable bonds is 4. The molecule has 0 amide bonds. The second-order valence-corrected chi connectivity index (χ2v) is 6.15. The molecule has 0 bridgehead atoms. The van der Waals surface area contributed by atoms with Crippen LogP contribution in [0.4, 0.5) is 0 Å². The van der Waals surface area contributed by atoms with Crippen molar-refractivity contribution in [2.45, 2.75) is 45.3 Å². The van der Waals surface area contributed by atoms with E-state index in [0.717, 1.165) is 5.56 Å². The maximum absolute atomic E-state index is 10.3. The molecule has 0 fully saturated rings. The smallest absolute Gasteiger partial charge is 0.0784 e. The summed E-state index contributed by atoms with van der Waals surface area (Å²) in [6.07, 6.45) is 3.80. The first-order chi connectivity index (χ1) is 7.70.